The fourth-order valence-electron chi connectivity index (χ4n) is 2.58. The summed E-state index contributed by atoms with van der Waals surface area (Å²) < 4.78 is 0. The van der Waals surface area contributed by atoms with Crippen molar-refractivity contribution >= 4 is 6.21 Å². The van der Waals surface area contributed by atoms with Gasteiger partial charge in [-0.3, -0.25) is 4.99 Å². The van der Waals surface area contributed by atoms with Crippen LogP contribution in [0.4, 0.5) is 0 Å². The van der Waals surface area contributed by atoms with Crippen LogP contribution < -0.4 is 5.73 Å². The van der Waals surface area contributed by atoms with Crippen molar-refractivity contribution in [1.29, 1.82) is 0 Å². The lowest BCUT2D eigenvalue weighted by Gasteiger charge is -2.19. The Kier molecular flexibility index (Phi) is 7.85. The Balaban J connectivity index is 2.89. The Morgan fingerprint density at radius 3 is 2.91 bits per heavy atom. The molecule has 1 aliphatic carbocycles. The average Bonchev–Trinajstić information content (AvgIpc) is 2.48. The van der Waals surface area contributed by atoms with Crippen molar-refractivity contribution in [2.24, 2.45) is 16.6 Å². The molecule has 1 unspecified atom stereocenters. The monoisotopic (exact) mass is 298 g/mol. The van der Waals surface area contributed by atoms with Crippen molar-refractivity contribution in [2.75, 3.05) is 6.54 Å². The van der Waals surface area contributed by atoms with Crippen LogP contribution in [0.2, 0.25) is 0 Å². The maximum atomic E-state index is 10.3. The highest BCUT2D eigenvalue weighted by atomic mass is 16.3. The van der Waals surface area contributed by atoms with Crippen LogP contribution in [-0.4, -0.2) is 17.9 Å². The van der Waals surface area contributed by atoms with Crippen LogP contribution in [0.5, 0.6) is 0 Å². The van der Waals surface area contributed by atoms with Gasteiger partial charge in [-0.05, 0) is 56.8 Å². The van der Waals surface area contributed by atoms with Crippen LogP contribution in [0.15, 0.2) is 51.9 Å². The molecule has 0 saturated heterocycles. The van der Waals surface area contributed by atoms with E-state index in [9.17, 15) is 5.11 Å². The van der Waals surface area contributed by atoms with Gasteiger partial charge in [0, 0.05) is 31.0 Å². The molecule has 1 aliphatic rings. The zero-order valence-corrected chi connectivity index (χ0v) is 13.5. The Bertz CT molecular complexity index is 556. The highest BCUT2D eigenvalue weighted by Gasteiger charge is 2.13. The van der Waals surface area contributed by atoms with Crippen molar-refractivity contribution in [3.63, 3.8) is 0 Å². The SMILES string of the molecule is C#C/C=C(\C=C(\O)CC1C=C(C)CCC1)C(C=NCC)=CN. The Morgan fingerprint density at radius 2 is 2.32 bits per heavy atom. The van der Waals surface area contributed by atoms with Gasteiger partial charge in [-0.1, -0.05) is 17.6 Å². The van der Waals surface area contributed by atoms with Gasteiger partial charge in [0.1, 0.15) is 0 Å². The average molecular weight is 298 g/mol. The maximum absolute atomic E-state index is 10.3. The van der Waals surface area contributed by atoms with E-state index in [0.717, 1.165) is 12.8 Å². The van der Waals surface area contributed by atoms with Crippen LogP contribution in [0.1, 0.15) is 39.5 Å². The minimum Gasteiger partial charge on any atom is -0.512 e. The standard InChI is InChI=1S/C19H26N2O/c1-4-7-17(18(13-20)14-21-5-2)12-19(22)11-16-9-6-8-15(3)10-16/h1,7,10,12-14,16,22H,5-6,8-9,11,20H2,2-3H3/b17-7+,18-13?,19-12+,21-14?. The first-order valence-electron chi connectivity index (χ1n) is 7.75. The van der Waals surface area contributed by atoms with Gasteiger partial charge in [0.05, 0.1) is 5.76 Å². The molecule has 3 nitrogen and oxygen atoms in total. The molecule has 0 heterocycles. The van der Waals surface area contributed by atoms with Crippen molar-refractivity contribution in [2.45, 2.75) is 39.5 Å². The molecular formula is C19H26N2O. The fourth-order valence-corrected chi connectivity index (χ4v) is 2.58. The molecular weight excluding hydrogens is 272 g/mol. The van der Waals surface area contributed by atoms with Crippen molar-refractivity contribution in [3.05, 3.63) is 46.9 Å². The number of hydrogen-bond donors (Lipinski definition) is 2. The second kappa shape index (κ2) is 9.68. The molecule has 118 valence electrons. The zero-order valence-electron chi connectivity index (χ0n) is 13.5. The predicted molar refractivity (Wildman–Crippen MR) is 94.6 cm³/mol. The van der Waals surface area contributed by atoms with Gasteiger partial charge in [-0.2, -0.15) is 0 Å². The van der Waals surface area contributed by atoms with Gasteiger partial charge in [0.25, 0.3) is 0 Å². The molecule has 3 heteroatoms. The number of rotatable bonds is 6. The first-order chi connectivity index (χ1) is 10.6. The van der Waals surface area contributed by atoms with E-state index in [1.54, 1.807) is 18.4 Å². The summed E-state index contributed by atoms with van der Waals surface area (Å²) in [6.45, 7) is 4.76. The van der Waals surface area contributed by atoms with E-state index in [2.05, 4.69) is 23.9 Å². The third-order valence-electron chi connectivity index (χ3n) is 3.62. The minimum atomic E-state index is 0.321. The van der Waals surface area contributed by atoms with E-state index in [0.29, 0.717) is 35.8 Å². The molecule has 3 N–H and O–H groups in total. The second-order valence-corrected chi connectivity index (χ2v) is 5.52. The van der Waals surface area contributed by atoms with Gasteiger partial charge < -0.3 is 10.8 Å². The topological polar surface area (TPSA) is 58.6 Å². The minimum absolute atomic E-state index is 0.321. The fraction of sp³-hybridized carbons (Fsp3) is 0.421. The van der Waals surface area contributed by atoms with Gasteiger partial charge >= 0.3 is 0 Å². The summed E-state index contributed by atoms with van der Waals surface area (Å²) in [5.41, 5.74) is 8.46. The number of nitrogens with zero attached hydrogens (tertiary/aromatic N) is 1. The molecule has 0 bridgehead atoms. The van der Waals surface area contributed by atoms with Gasteiger partial charge in [0.15, 0.2) is 0 Å². The number of aliphatic imine (C=N–C) groups is 1. The summed E-state index contributed by atoms with van der Waals surface area (Å²) in [7, 11) is 0. The number of hydrogen-bond acceptors (Lipinski definition) is 3. The van der Waals surface area contributed by atoms with Crippen LogP contribution in [0.3, 0.4) is 0 Å². The van der Waals surface area contributed by atoms with Crippen molar-refractivity contribution in [3.8, 4) is 12.3 Å². The second-order valence-electron chi connectivity index (χ2n) is 5.52. The highest BCUT2D eigenvalue weighted by molar-refractivity contribution is 5.86. The zero-order chi connectivity index (χ0) is 16.4. The van der Waals surface area contributed by atoms with E-state index in [4.69, 9.17) is 12.2 Å². The lowest BCUT2D eigenvalue weighted by Crippen LogP contribution is -2.05. The molecule has 0 aliphatic heterocycles. The maximum Gasteiger partial charge on any atom is 0.0934 e. The summed E-state index contributed by atoms with van der Waals surface area (Å²) in [4.78, 5) is 4.18. The number of allylic oxidation sites excluding steroid dienone is 7. The van der Waals surface area contributed by atoms with E-state index in [-0.39, 0.29) is 0 Å². The molecule has 1 atom stereocenters. The normalized spacial score (nSPS) is 20.9. The summed E-state index contributed by atoms with van der Waals surface area (Å²) in [6.07, 6.45) is 18.1. The molecule has 0 amide bonds. The Hall–Kier alpha value is -2.21. The Labute approximate surface area is 134 Å². The molecule has 1 rings (SSSR count). The van der Waals surface area contributed by atoms with Crippen LogP contribution in [0.25, 0.3) is 0 Å². The van der Waals surface area contributed by atoms with Gasteiger partial charge in [-0.15, -0.1) is 6.42 Å². The third kappa shape index (κ3) is 6.05. The molecule has 0 fully saturated rings. The summed E-state index contributed by atoms with van der Waals surface area (Å²) >= 11 is 0. The number of nitrogens with two attached hydrogens (primary N) is 1. The first kappa shape index (κ1) is 17.8. The Morgan fingerprint density at radius 1 is 1.55 bits per heavy atom. The van der Waals surface area contributed by atoms with E-state index in [1.165, 1.54) is 18.2 Å². The number of aliphatic hydroxyl groups excluding tert-OH is 1. The third-order valence-corrected chi connectivity index (χ3v) is 3.62. The van der Waals surface area contributed by atoms with E-state index < -0.39 is 0 Å². The molecule has 0 aromatic carbocycles. The van der Waals surface area contributed by atoms with Gasteiger partial charge in [0.2, 0.25) is 0 Å². The largest absolute Gasteiger partial charge is 0.512 e. The molecule has 0 aromatic heterocycles. The quantitative estimate of drug-likeness (QED) is 0.255. The van der Waals surface area contributed by atoms with Crippen molar-refractivity contribution in [1.82, 2.24) is 0 Å². The number of terminal acetylenes is 1. The van der Waals surface area contributed by atoms with E-state index in [1.807, 2.05) is 6.92 Å². The van der Waals surface area contributed by atoms with Crippen LogP contribution >= 0.6 is 0 Å². The predicted octanol–water partition coefficient (Wildman–Crippen LogP) is 4.06. The molecule has 0 radical (unpaired) electrons. The molecule has 0 saturated carbocycles. The van der Waals surface area contributed by atoms with Crippen LogP contribution in [-0.2, 0) is 0 Å². The van der Waals surface area contributed by atoms with Crippen molar-refractivity contribution < 1.29 is 5.11 Å². The van der Waals surface area contributed by atoms with Crippen LogP contribution in [0, 0.1) is 18.3 Å². The molecule has 22 heavy (non-hydrogen) atoms. The summed E-state index contributed by atoms with van der Waals surface area (Å²) in [5.74, 6) is 3.20. The lowest BCUT2D eigenvalue weighted by atomic mass is 9.88. The summed E-state index contributed by atoms with van der Waals surface area (Å²) in [5, 5.41) is 10.3. The number of aliphatic hydroxyl groups is 1. The first-order valence-corrected chi connectivity index (χ1v) is 7.75. The molecule has 0 aromatic rings. The summed E-state index contributed by atoms with van der Waals surface area (Å²) in [6, 6.07) is 0. The lowest BCUT2D eigenvalue weighted by molar-refractivity contribution is 0.355. The van der Waals surface area contributed by atoms with E-state index >= 15 is 0 Å². The molecule has 0 spiro atoms. The van der Waals surface area contributed by atoms with Gasteiger partial charge in [-0.25, -0.2) is 0 Å². The smallest absolute Gasteiger partial charge is 0.0934 e. The highest BCUT2D eigenvalue weighted by Crippen LogP contribution is 2.27.